The number of pyridine rings is 1. The predicted octanol–water partition coefficient (Wildman–Crippen LogP) is 4.38. The van der Waals surface area contributed by atoms with Crippen LogP contribution in [0.3, 0.4) is 0 Å². The lowest BCUT2D eigenvalue weighted by molar-refractivity contribution is 0.628. The number of halogens is 1. The highest BCUT2D eigenvalue weighted by Crippen LogP contribution is 2.41. The van der Waals surface area contributed by atoms with E-state index in [0.29, 0.717) is 5.92 Å². The lowest BCUT2D eigenvalue weighted by atomic mass is 10.1. The van der Waals surface area contributed by atoms with Gasteiger partial charge in [-0.2, -0.15) is 0 Å². The summed E-state index contributed by atoms with van der Waals surface area (Å²) in [6.45, 7) is 4.96. The maximum Gasteiger partial charge on any atom is 0.124 e. The van der Waals surface area contributed by atoms with E-state index in [1.54, 1.807) is 12.1 Å². The molecule has 1 fully saturated rings. The van der Waals surface area contributed by atoms with Crippen molar-refractivity contribution >= 4 is 16.6 Å². The molecule has 1 aliphatic rings. The van der Waals surface area contributed by atoms with Gasteiger partial charge in [-0.3, -0.25) is 4.98 Å². The summed E-state index contributed by atoms with van der Waals surface area (Å²) >= 11 is 0. The molecule has 100 valence electrons. The van der Waals surface area contributed by atoms with Gasteiger partial charge in [-0.1, -0.05) is 6.92 Å². The summed E-state index contributed by atoms with van der Waals surface area (Å²) in [5.41, 5.74) is 4.03. The van der Waals surface area contributed by atoms with Crippen molar-refractivity contribution < 1.29 is 4.39 Å². The van der Waals surface area contributed by atoms with Crippen molar-refractivity contribution in [2.45, 2.75) is 39.0 Å². The first kappa shape index (κ1) is 12.4. The minimum Gasteiger partial charge on any atom is -0.384 e. The van der Waals surface area contributed by atoms with E-state index < -0.39 is 0 Å². The summed E-state index contributed by atoms with van der Waals surface area (Å²) in [7, 11) is 0. The first-order valence-corrected chi connectivity index (χ1v) is 7.03. The molecular formula is C16H19FN2. The van der Waals surface area contributed by atoms with Crippen LogP contribution in [0.5, 0.6) is 0 Å². The maximum atomic E-state index is 13.6. The van der Waals surface area contributed by atoms with Crippen LogP contribution in [0.1, 0.15) is 43.4 Å². The fraction of sp³-hybridized carbons (Fsp3) is 0.438. The Bertz CT molecular complexity index is 618. The summed E-state index contributed by atoms with van der Waals surface area (Å²) in [5, 5.41) is 4.31. The summed E-state index contributed by atoms with van der Waals surface area (Å²) in [5.74, 6) is 0.418. The third-order valence-electron chi connectivity index (χ3n) is 3.65. The van der Waals surface area contributed by atoms with Gasteiger partial charge in [-0.05, 0) is 49.9 Å². The molecule has 1 N–H and O–H groups in total. The van der Waals surface area contributed by atoms with Gasteiger partial charge < -0.3 is 5.32 Å². The second kappa shape index (κ2) is 4.80. The number of anilines is 1. The first-order chi connectivity index (χ1) is 9.19. The largest absolute Gasteiger partial charge is 0.384 e. The van der Waals surface area contributed by atoms with Gasteiger partial charge in [0, 0.05) is 29.2 Å². The van der Waals surface area contributed by atoms with Crippen LogP contribution >= 0.6 is 0 Å². The van der Waals surface area contributed by atoms with Crippen molar-refractivity contribution in [3.63, 3.8) is 0 Å². The molecular weight excluding hydrogens is 239 g/mol. The van der Waals surface area contributed by atoms with Gasteiger partial charge in [0.2, 0.25) is 0 Å². The molecule has 0 radical (unpaired) electrons. The Kier molecular flexibility index (Phi) is 3.13. The fourth-order valence-electron chi connectivity index (χ4n) is 2.47. The van der Waals surface area contributed by atoms with Gasteiger partial charge in [0.05, 0.1) is 5.52 Å². The summed E-state index contributed by atoms with van der Waals surface area (Å²) in [4.78, 5) is 4.74. The SMILES string of the molecule is CCCNc1cc(C2CC2)nc2c(C)cc(F)cc12. The highest BCUT2D eigenvalue weighted by Gasteiger charge is 2.26. The van der Waals surface area contributed by atoms with E-state index >= 15 is 0 Å². The fourth-order valence-corrected chi connectivity index (χ4v) is 2.47. The molecule has 1 aromatic carbocycles. The van der Waals surface area contributed by atoms with E-state index in [0.717, 1.165) is 40.8 Å². The minimum atomic E-state index is -0.189. The number of benzene rings is 1. The monoisotopic (exact) mass is 258 g/mol. The van der Waals surface area contributed by atoms with E-state index in [1.165, 1.54) is 12.8 Å². The molecule has 19 heavy (non-hydrogen) atoms. The molecule has 3 heteroatoms. The Balaban J connectivity index is 2.17. The van der Waals surface area contributed by atoms with E-state index in [9.17, 15) is 4.39 Å². The van der Waals surface area contributed by atoms with Crippen LogP contribution in [0.2, 0.25) is 0 Å². The Morgan fingerprint density at radius 2 is 2.11 bits per heavy atom. The van der Waals surface area contributed by atoms with Gasteiger partial charge in [-0.25, -0.2) is 4.39 Å². The molecule has 1 aliphatic carbocycles. The van der Waals surface area contributed by atoms with Crippen LogP contribution in [0.15, 0.2) is 18.2 Å². The molecule has 3 rings (SSSR count). The molecule has 1 heterocycles. The number of hydrogen-bond donors (Lipinski definition) is 1. The third kappa shape index (κ3) is 2.42. The van der Waals surface area contributed by atoms with Crippen molar-refractivity contribution in [3.8, 4) is 0 Å². The number of rotatable bonds is 4. The second-order valence-electron chi connectivity index (χ2n) is 5.41. The number of nitrogens with zero attached hydrogens (tertiary/aromatic N) is 1. The van der Waals surface area contributed by atoms with Crippen LogP contribution in [-0.4, -0.2) is 11.5 Å². The maximum absolute atomic E-state index is 13.6. The zero-order chi connectivity index (χ0) is 13.4. The normalized spacial score (nSPS) is 14.9. The number of aryl methyl sites for hydroxylation is 1. The molecule has 0 amide bonds. The molecule has 2 nitrogen and oxygen atoms in total. The molecule has 0 unspecified atom stereocenters. The van der Waals surface area contributed by atoms with Gasteiger partial charge in [0.15, 0.2) is 0 Å². The van der Waals surface area contributed by atoms with E-state index in [-0.39, 0.29) is 5.82 Å². The van der Waals surface area contributed by atoms with Crippen LogP contribution in [0.4, 0.5) is 10.1 Å². The number of nitrogens with one attached hydrogen (secondary N) is 1. The average Bonchev–Trinajstić information content (AvgIpc) is 3.20. The first-order valence-electron chi connectivity index (χ1n) is 7.03. The zero-order valence-corrected chi connectivity index (χ0v) is 11.5. The average molecular weight is 258 g/mol. The van der Waals surface area contributed by atoms with Gasteiger partial charge >= 0.3 is 0 Å². The van der Waals surface area contributed by atoms with E-state index in [2.05, 4.69) is 18.3 Å². The molecule has 0 bridgehead atoms. The smallest absolute Gasteiger partial charge is 0.124 e. The van der Waals surface area contributed by atoms with E-state index in [1.807, 2.05) is 6.92 Å². The lowest BCUT2D eigenvalue weighted by Gasteiger charge is -2.12. The van der Waals surface area contributed by atoms with Crippen molar-refractivity contribution in [2.75, 3.05) is 11.9 Å². The van der Waals surface area contributed by atoms with E-state index in [4.69, 9.17) is 4.98 Å². The summed E-state index contributed by atoms with van der Waals surface area (Å²) in [6, 6.07) is 5.26. The van der Waals surface area contributed by atoms with Crippen molar-refractivity contribution in [2.24, 2.45) is 0 Å². The molecule has 2 aromatic rings. The molecule has 1 saturated carbocycles. The Morgan fingerprint density at radius 3 is 2.79 bits per heavy atom. The number of aromatic nitrogens is 1. The predicted molar refractivity (Wildman–Crippen MR) is 77.2 cm³/mol. The lowest BCUT2D eigenvalue weighted by Crippen LogP contribution is -2.03. The molecule has 1 aromatic heterocycles. The number of fused-ring (bicyclic) bond motifs is 1. The molecule has 0 atom stereocenters. The summed E-state index contributed by atoms with van der Waals surface area (Å²) < 4.78 is 13.6. The highest BCUT2D eigenvalue weighted by molar-refractivity contribution is 5.93. The molecule has 0 spiro atoms. The quantitative estimate of drug-likeness (QED) is 0.880. The van der Waals surface area contributed by atoms with Gasteiger partial charge in [-0.15, -0.1) is 0 Å². The van der Waals surface area contributed by atoms with Crippen LogP contribution in [0, 0.1) is 12.7 Å². The van der Waals surface area contributed by atoms with Crippen molar-refractivity contribution in [1.29, 1.82) is 0 Å². The van der Waals surface area contributed by atoms with Crippen molar-refractivity contribution in [1.82, 2.24) is 4.98 Å². The molecule has 0 aliphatic heterocycles. The highest BCUT2D eigenvalue weighted by atomic mass is 19.1. The Labute approximate surface area is 113 Å². The van der Waals surface area contributed by atoms with Gasteiger partial charge in [0.25, 0.3) is 0 Å². The minimum absolute atomic E-state index is 0.189. The van der Waals surface area contributed by atoms with Crippen LogP contribution < -0.4 is 5.32 Å². The third-order valence-corrected chi connectivity index (χ3v) is 3.65. The van der Waals surface area contributed by atoms with Crippen LogP contribution in [0.25, 0.3) is 10.9 Å². The van der Waals surface area contributed by atoms with Gasteiger partial charge in [0.1, 0.15) is 5.82 Å². The van der Waals surface area contributed by atoms with Crippen molar-refractivity contribution in [3.05, 3.63) is 35.3 Å². The number of hydrogen-bond acceptors (Lipinski definition) is 2. The van der Waals surface area contributed by atoms with Crippen LogP contribution in [-0.2, 0) is 0 Å². The Morgan fingerprint density at radius 1 is 1.32 bits per heavy atom. The topological polar surface area (TPSA) is 24.9 Å². The Hall–Kier alpha value is -1.64. The second-order valence-corrected chi connectivity index (χ2v) is 5.41. The summed E-state index contributed by atoms with van der Waals surface area (Å²) in [6.07, 6.45) is 3.51. The molecule has 0 saturated heterocycles. The standard InChI is InChI=1S/C16H19FN2/c1-3-6-18-15-9-14(11-4-5-11)19-16-10(2)7-12(17)8-13(15)16/h7-9,11H,3-6H2,1-2H3,(H,18,19). The zero-order valence-electron chi connectivity index (χ0n) is 11.5.